The summed E-state index contributed by atoms with van der Waals surface area (Å²) in [7, 11) is 0. The van der Waals surface area contributed by atoms with Gasteiger partial charge in [-0.3, -0.25) is 0 Å². The Kier molecular flexibility index (Phi) is 9.44. The molecule has 7 rings (SSSR count). The van der Waals surface area contributed by atoms with E-state index in [-0.39, 0.29) is 5.41 Å². The van der Waals surface area contributed by atoms with Gasteiger partial charge in [-0.1, -0.05) is 148 Å². The van der Waals surface area contributed by atoms with Crippen LogP contribution in [0.4, 0.5) is 34.1 Å². The number of para-hydroxylation sites is 3. The highest BCUT2D eigenvalue weighted by Crippen LogP contribution is 2.37. The van der Waals surface area contributed by atoms with E-state index in [1.54, 1.807) is 0 Å². The first-order valence-corrected chi connectivity index (χ1v) is 17.3. The number of anilines is 6. The van der Waals surface area contributed by atoms with Crippen molar-refractivity contribution in [2.75, 3.05) is 9.80 Å². The average Bonchev–Trinajstić information content (AvgIpc) is 3.16. The molecule has 0 saturated carbocycles. The van der Waals surface area contributed by atoms with Crippen molar-refractivity contribution in [3.05, 3.63) is 205 Å². The van der Waals surface area contributed by atoms with Crippen LogP contribution < -0.4 is 9.80 Å². The van der Waals surface area contributed by atoms with Crippen LogP contribution >= 0.6 is 0 Å². The minimum absolute atomic E-state index is 0.115. The second kappa shape index (κ2) is 14.6. The Labute approximate surface area is 297 Å². The lowest BCUT2D eigenvalue weighted by atomic mass is 9.87. The molecule has 2 heteroatoms. The van der Waals surface area contributed by atoms with E-state index in [1.165, 1.54) is 22.3 Å². The molecule has 0 bridgehead atoms. The van der Waals surface area contributed by atoms with Crippen LogP contribution in [0.25, 0.3) is 23.3 Å². The number of hydrogen-bond acceptors (Lipinski definition) is 2. The van der Waals surface area contributed by atoms with Crippen molar-refractivity contribution in [3.63, 3.8) is 0 Å². The van der Waals surface area contributed by atoms with Crippen LogP contribution in [0.3, 0.4) is 0 Å². The van der Waals surface area contributed by atoms with Crippen molar-refractivity contribution in [1.82, 2.24) is 0 Å². The highest BCUT2D eigenvalue weighted by Gasteiger charge is 2.16. The Hall–Kier alpha value is -6.12. The first kappa shape index (κ1) is 32.4. The van der Waals surface area contributed by atoms with Gasteiger partial charge < -0.3 is 9.80 Å². The Morgan fingerprint density at radius 2 is 0.600 bits per heavy atom. The number of hydrogen-bond donors (Lipinski definition) is 0. The topological polar surface area (TPSA) is 6.48 Å². The predicted molar refractivity (Wildman–Crippen MR) is 215 cm³/mol. The summed E-state index contributed by atoms with van der Waals surface area (Å²) in [6, 6.07) is 66.9. The third-order valence-corrected chi connectivity index (χ3v) is 9.02. The second-order valence-electron chi connectivity index (χ2n) is 13.6. The maximum atomic E-state index is 2.31. The molecule has 0 heterocycles. The molecule has 2 nitrogen and oxygen atoms in total. The molecule has 50 heavy (non-hydrogen) atoms. The molecule has 0 fully saturated rings. The molecule has 0 aromatic heterocycles. The fraction of sp³-hybridized carbons (Fsp3) is 0.0833. The van der Waals surface area contributed by atoms with Crippen molar-refractivity contribution in [1.29, 1.82) is 0 Å². The first-order valence-electron chi connectivity index (χ1n) is 17.3. The molecule has 0 aliphatic rings. The van der Waals surface area contributed by atoms with Gasteiger partial charge in [0.25, 0.3) is 0 Å². The van der Waals surface area contributed by atoms with Gasteiger partial charge in [0.15, 0.2) is 0 Å². The van der Waals surface area contributed by atoms with Crippen LogP contribution in [-0.2, 0) is 5.41 Å². The van der Waals surface area contributed by atoms with E-state index in [4.69, 9.17) is 0 Å². The van der Waals surface area contributed by atoms with Gasteiger partial charge >= 0.3 is 0 Å². The van der Waals surface area contributed by atoms with Crippen LogP contribution in [0.2, 0.25) is 0 Å². The lowest BCUT2D eigenvalue weighted by Gasteiger charge is -2.27. The molecule has 0 atom stereocenters. The lowest BCUT2D eigenvalue weighted by molar-refractivity contribution is 0.590. The monoisotopic (exact) mass is 646 g/mol. The van der Waals surface area contributed by atoms with E-state index >= 15 is 0 Å². The Morgan fingerprint density at radius 3 is 0.960 bits per heavy atom. The van der Waals surface area contributed by atoms with Crippen molar-refractivity contribution in [2.45, 2.75) is 26.2 Å². The molecule has 7 aromatic rings. The Balaban J connectivity index is 1.06. The van der Waals surface area contributed by atoms with Gasteiger partial charge in [-0.25, -0.2) is 0 Å². The smallest absolute Gasteiger partial charge is 0.0462 e. The summed E-state index contributed by atoms with van der Waals surface area (Å²) in [6.07, 6.45) is 4.36. The fourth-order valence-electron chi connectivity index (χ4n) is 6.25. The van der Waals surface area contributed by atoms with Gasteiger partial charge in [0.05, 0.1) is 0 Å². The summed E-state index contributed by atoms with van der Waals surface area (Å²) < 4.78 is 0. The van der Waals surface area contributed by atoms with Gasteiger partial charge in [0.2, 0.25) is 0 Å². The summed E-state index contributed by atoms with van der Waals surface area (Å²) in [4.78, 5) is 4.60. The number of rotatable bonds is 9. The summed E-state index contributed by atoms with van der Waals surface area (Å²) in [5.74, 6) is 0. The third kappa shape index (κ3) is 7.46. The average molecular weight is 647 g/mol. The van der Waals surface area contributed by atoms with Crippen LogP contribution in [0, 0.1) is 0 Å². The van der Waals surface area contributed by atoms with Gasteiger partial charge in [0.1, 0.15) is 0 Å². The zero-order chi connectivity index (χ0) is 34.3. The zero-order valence-corrected chi connectivity index (χ0v) is 28.9. The highest BCUT2D eigenvalue weighted by atomic mass is 15.1. The van der Waals surface area contributed by atoms with E-state index in [9.17, 15) is 0 Å². The third-order valence-electron chi connectivity index (χ3n) is 9.02. The fourth-order valence-corrected chi connectivity index (χ4v) is 6.25. The van der Waals surface area contributed by atoms with E-state index in [2.05, 4.69) is 231 Å². The molecule has 0 aliphatic carbocycles. The van der Waals surface area contributed by atoms with Gasteiger partial charge in [-0.15, -0.1) is 0 Å². The van der Waals surface area contributed by atoms with Crippen LogP contribution in [-0.4, -0.2) is 0 Å². The molecule has 0 spiro atoms. The summed E-state index contributed by atoms with van der Waals surface area (Å²) in [5, 5.41) is 0. The van der Waals surface area contributed by atoms with Gasteiger partial charge in [-0.05, 0) is 106 Å². The number of benzene rings is 7. The van der Waals surface area contributed by atoms with Crippen molar-refractivity contribution in [3.8, 4) is 11.1 Å². The molecule has 0 unspecified atom stereocenters. The minimum atomic E-state index is 0.115. The molecule has 0 radical (unpaired) electrons. The van der Waals surface area contributed by atoms with Crippen molar-refractivity contribution in [2.24, 2.45) is 0 Å². The quantitative estimate of drug-likeness (QED) is 0.144. The molecule has 0 aliphatic heterocycles. The second-order valence-corrected chi connectivity index (χ2v) is 13.6. The molecular weight excluding hydrogens is 605 g/mol. The Morgan fingerprint density at radius 1 is 0.320 bits per heavy atom. The lowest BCUT2D eigenvalue weighted by Crippen LogP contribution is -2.13. The number of nitrogens with zero attached hydrogens (tertiary/aromatic N) is 2. The normalized spacial score (nSPS) is 11.4. The molecule has 0 N–H and O–H groups in total. The van der Waals surface area contributed by atoms with Crippen LogP contribution in [0.1, 0.15) is 37.5 Å². The standard InChI is InChI=1S/C48H42N2/c1-48(2,3)41-29-35-47(36-30-41)50(44-17-11-6-12-18-44)45-31-23-38(24-32-45)20-19-37-21-25-39(26-22-37)40-27-33-46(34-28-40)49(42-13-7-4-8-14-42)43-15-9-5-10-16-43/h4-36H,1-3H3. The maximum Gasteiger partial charge on any atom is 0.0462 e. The summed E-state index contributed by atoms with van der Waals surface area (Å²) in [6.45, 7) is 6.76. The first-order chi connectivity index (χ1) is 24.4. The zero-order valence-electron chi connectivity index (χ0n) is 28.9. The van der Waals surface area contributed by atoms with Crippen molar-refractivity contribution < 1.29 is 0 Å². The molecular formula is C48H42N2. The predicted octanol–water partition coefficient (Wildman–Crippen LogP) is 13.8. The van der Waals surface area contributed by atoms with E-state index in [1.807, 2.05) is 0 Å². The van der Waals surface area contributed by atoms with Crippen molar-refractivity contribution >= 4 is 46.3 Å². The molecule has 0 saturated heterocycles. The summed E-state index contributed by atoms with van der Waals surface area (Å²) in [5.41, 5.74) is 13.0. The molecule has 7 aromatic carbocycles. The maximum absolute atomic E-state index is 2.31. The summed E-state index contributed by atoms with van der Waals surface area (Å²) >= 11 is 0. The van der Waals surface area contributed by atoms with Gasteiger partial charge in [0, 0.05) is 34.1 Å². The Bertz CT molecular complexity index is 2090. The minimum Gasteiger partial charge on any atom is -0.311 e. The highest BCUT2D eigenvalue weighted by molar-refractivity contribution is 5.80. The largest absolute Gasteiger partial charge is 0.311 e. The van der Waals surface area contributed by atoms with Crippen LogP contribution in [0.15, 0.2) is 188 Å². The van der Waals surface area contributed by atoms with E-state index in [0.29, 0.717) is 0 Å². The van der Waals surface area contributed by atoms with Gasteiger partial charge in [-0.2, -0.15) is 0 Å². The van der Waals surface area contributed by atoms with E-state index < -0.39 is 0 Å². The molecule has 244 valence electrons. The SMILES string of the molecule is CC(C)(C)c1ccc(N(c2ccccc2)c2ccc(C=Cc3ccc(-c4ccc(N(c5ccccc5)c5ccccc5)cc4)cc3)cc2)cc1. The molecule has 0 amide bonds. The van der Waals surface area contributed by atoms with Crippen LogP contribution in [0.5, 0.6) is 0 Å². The van der Waals surface area contributed by atoms with E-state index in [0.717, 1.165) is 39.7 Å².